The highest BCUT2D eigenvalue weighted by Crippen LogP contribution is 2.58. The number of ether oxygens (including phenoxy) is 1. The lowest BCUT2D eigenvalue weighted by atomic mass is 9.63. The van der Waals surface area contributed by atoms with E-state index in [-0.39, 0.29) is 11.3 Å². The van der Waals surface area contributed by atoms with Crippen LogP contribution in [0, 0.1) is 17.0 Å². The number of thioether (sulfide) groups is 1. The fourth-order valence-electron chi connectivity index (χ4n) is 5.79. The number of Topliss-reactive ketones (excluding diaryl/α,β-unsaturated/α-hetero) is 1. The number of carbonyl (C=O) groups is 2. The topological polar surface area (TPSA) is 55.4 Å². The van der Waals surface area contributed by atoms with E-state index in [1.54, 1.807) is 63.2 Å². The summed E-state index contributed by atoms with van der Waals surface area (Å²) in [7, 11) is 0. The molecule has 4 atom stereocenters. The van der Waals surface area contributed by atoms with Crippen LogP contribution in [-0.4, -0.2) is 34.9 Å². The second-order valence-electron chi connectivity index (χ2n) is 11.1. The molecule has 2 aliphatic rings. The van der Waals surface area contributed by atoms with Crippen molar-refractivity contribution in [1.82, 2.24) is 5.32 Å². The van der Waals surface area contributed by atoms with E-state index in [0.29, 0.717) is 22.6 Å². The molecule has 0 amide bonds. The van der Waals surface area contributed by atoms with E-state index in [4.69, 9.17) is 4.74 Å². The fourth-order valence-corrected chi connectivity index (χ4v) is 7.14. The first-order valence-electron chi connectivity index (χ1n) is 13.0. The van der Waals surface area contributed by atoms with E-state index in [2.05, 4.69) is 5.32 Å². The van der Waals surface area contributed by atoms with Crippen molar-refractivity contribution in [2.24, 2.45) is 5.41 Å². The van der Waals surface area contributed by atoms with Gasteiger partial charge in [0.25, 0.3) is 0 Å². The minimum atomic E-state index is -1.23. The molecule has 0 bridgehead atoms. The predicted octanol–water partition coefficient (Wildman–Crippen LogP) is 6.49. The number of benzene rings is 3. The molecule has 2 saturated heterocycles. The molecule has 3 aromatic rings. The summed E-state index contributed by atoms with van der Waals surface area (Å²) in [4.78, 5) is 28.4. The lowest BCUT2D eigenvalue weighted by Crippen LogP contribution is -2.47. The van der Waals surface area contributed by atoms with Crippen molar-refractivity contribution in [2.75, 3.05) is 11.5 Å². The highest BCUT2D eigenvalue weighted by Gasteiger charge is 2.64. The average Bonchev–Trinajstić information content (AvgIpc) is 3.23. The van der Waals surface area contributed by atoms with Crippen molar-refractivity contribution in [3.63, 3.8) is 0 Å². The van der Waals surface area contributed by atoms with Gasteiger partial charge in [0.2, 0.25) is 0 Å². The lowest BCUT2D eigenvalue weighted by molar-refractivity contribution is -0.157. The maximum atomic E-state index is 15.5. The number of hydrogen-bond donors (Lipinski definition) is 1. The zero-order chi connectivity index (χ0) is 27.8. The Hall–Kier alpha value is -3.29. The van der Waals surface area contributed by atoms with Crippen LogP contribution in [0.4, 0.5) is 8.78 Å². The van der Waals surface area contributed by atoms with E-state index >= 15 is 4.39 Å². The molecule has 0 saturated carbocycles. The standard InChI is InChI=1S/C32H31F2NO3S/c1-31(2,3)38-30(37)27-26(23-14-8-10-16-25(23)34)32(28(35-27)20-11-5-4-6-12-20)19-39-18-22(29(32)36)17-21-13-7-9-15-24(21)33/h4-17,26-28,35H,18-19H2,1-3H3/b22-17+. The molecule has 202 valence electrons. The number of halogens is 2. The number of ketones is 1. The first kappa shape index (κ1) is 27.3. The van der Waals surface area contributed by atoms with Gasteiger partial charge in [0.05, 0.1) is 5.41 Å². The first-order valence-corrected chi connectivity index (χ1v) is 14.1. The molecule has 2 heterocycles. The maximum Gasteiger partial charge on any atom is 0.324 e. The molecule has 4 unspecified atom stereocenters. The zero-order valence-corrected chi connectivity index (χ0v) is 22.9. The van der Waals surface area contributed by atoms with Gasteiger partial charge in [0.1, 0.15) is 23.3 Å². The average molecular weight is 548 g/mol. The van der Waals surface area contributed by atoms with Gasteiger partial charge in [-0.3, -0.25) is 14.9 Å². The number of hydrogen-bond acceptors (Lipinski definition) is 5. The summed E-state index contributed by atoms with van der Waals surface area (Å²) in [6.45, 7) is 5.33. The van der Waals surface area contributed by atoms with Gasteiger partial charge < -0.3 is 4.74 Å². The number of nitrogens with one attached hydrogen (secondary N) is 1. The van der Waals surface area contributed by atoms with Crippen LogP contribution in [0.15, 0.2) is 84.4 Å². The highest BCUT2D eigenvalue weighted by atomic mass is 32.2. The second-order valence-corrected chi connectivity index (χ2v) is 12.1. The molecular formula is C32H31F2NO3S. The fraction of sp³-hybridized carbons (Fsp3) is 0.312. The summed E-state index contributed by atoms with van der Waals surface area (Å²) in [5, 5.41) is 3.42. The van der Waals surface area contributed by atoms with Gasteiger partial charge in [0.15, 0.2) is 5.78 Å². The smallest absolute Gasteiger partial charge is 0.324 e. The Morgan fingerprint density at radius 3 is 2.28 bits per heavy atom. The zero-order valence-electron chi connectivity index (χ0n) is 22.1. The minimum absolute atomic E-state index is 0.217. The van der Waals surface area contributed by atoms with Crippen molar-refractivity contribution < 1.29 is 23.1 Å². The Balaban J connectivity index is 1.72. The summed E-state index contributed by atoms with van der Waals surface area (Å²) in [6.07, 6.45) is 1.59. The van der Waals surface area contributed by atoms with Gasteiger partial charge >= 0.3 is 5.97 Å². The summed E-state index contributed by atoms with van der Waals surface area (Å²) in [5.41, 5.74) is -0.174. The summed E-state index contributed by atoms with van der Waals surface area (Å²) < 4.78 is 36.0. The Bertz CT molecular complexity index is 1420. The third-order valence-corrected chi connectivity index (χ3v) is 8.53. The first-order chi connectivity index (χ1) is 18.6. The van der Waals surface area contributed by atoms with E-state index in [0.717, 1.165) is 5.56 Å². The SMILES string of the molecule is CC(C)(C)OC(=O)C1NC(c2ccccc2)C2(CSC/C(=C\c3ccccc3F)C2=O)C1c1ccccc1F. The monoisotopic (exact) mass is 547 g/mol. The third-order valence-electron chi connectivity index (χ3n) is 7.33. The summed E-state index contributed by atoms with van der Waals surface area (Å²) >= 11 is 1.53. The maximum absolute atomic E-state index is 15.5. The Morgan fingerprint density at radius 2 is 1.62 bits per heavy atom. The molecule has 39 heavy (non-hydrogen) atoms. The molecular weight excluding hydrogens is 516 g/mol. The number of carbonyl (C=O) groups excluding carboxylic acids is 2. The molecule has 4 nitrogen and oxygen atoms in total. The molecule has 1 spiro atoms. The largest absolute Gasteiger partial charge is 0.459 e. The predicted molar refractivity (Wildman–Crippen MR) is 150 cm³/mol. The van der Waals surface area contributed by atoms with E-state index in [1.807, 2.05) is 30.3 Å². The lowest BCUT2D eigenvalue weighted by Gasteiger charge is -2.42. The van der Waals surface area contributed by atoms with Crippen LogP contribution in [0.5, 0.6) is 0 Å². The van der Waals surface area contributed by atoms with Crippen LogP contribution in [0.25, 0.3) is 6.08 Å². The summed E-state index contributed by atoms with van der Waals surface area (Å²) in [6, 6.07) is 20.4. The molecule has 2 fully saturated rings. The van der Waals surface area contributed by atoms with Gasteiger partial charge in [-0.1, -0.05) is 66.7 Å². The molecule has 3 aromatic carbocycles. The molecule has 0 aliphatic carbocycles. The second kappa shape index (κ2) is 10.7. The summed E-state index contributed by atoms with van der Waals surface area (Å²) in [5.74, 6) is -1.80. The van der Waals surface area contributed by atoms with Gasteiger partial charge in [0, 0.05) is 34.6 Å². The van der Waals surface area contributed by atoms with Crippen molar-refractivity contribution in [2.45, 2.75) is 44.4 Å². The number of esters is 1. The van der Waals surface area contributed by atoms with E-state index < -0.39 is 46.6 Å². The highest BCUT2D eigenvalue weighted by molar-refractivity contribution is 7.99. The number of rotatable bonds is 4. The van der Waals surface area contributed by atoms with Gasteiger partial charge in [-0.15, -0.1) is 0 Å². The Morgan fingerprint density at radius 1 is 0.974 bits per heavy atom. The third kappa shape index (κ3) is 5.18. The minimum Gasteiger partial charge on any atom is -0.459 e. The van der Waals surface area contributed by atoms with Crippen LogP contribution in [0.1, 0.15) is 49.4 Å². The molecule has 0 radical (unpaired) electrons. The molecule has 5 rings (SSSR count). The van der Waals surface area contributed by atoms with Crippen molar-refractivity contribution in [1.29, 1.82) is 0 Å². The molecule has 2 aliphatic heterocycles. The van der Waals surface area contributed by atoms with Crippen LogP contribution in [-0.2, 0) is 14.3 Å². The van der Waals surface area contributed by atoms with Gasteiger partial charge in [-0.25, -0.2) is 8.78 Å². The quantitative estimate of drug-likeness (QED) is 0.299. The van der Waals surface area contributed by atoms with Crippen LogP contribution in [0.3, 0.4) is 0 Å². The molecule has 0 aromatic heterocycles. The van der Waals surface area contributed by atoms with Crippen molar-refractivity contribution in [3.05, 3.63) is 113 Å². The van der Waals surface area contributed by atoms with Crippen LogP contribution >= 0.6 is 11.8 Å². The van der Waals surface area contributed by atoms with Gasteiger partial charge in [-0.05, 0) is 50.1 Å². The van der Waals surface area contributed by atoms with E-state index in [1.165, 1.54) is 23.9 Å². The van der Waals surface area contributed by atoms with Crippen LogP contribution in [0.2, 0.25) is 0 Å². The molecule has 7 heteroatoms. The van der Waals surface area contributed by atoms with Gasteiger partial charge in [-0.2, -0.15) is 11.8 Å². The van der Waals surface area contributed by atoms with Crippen LogP contribution < -0.4 is 5.32 Å². The Labute approximate surface area is 231 Å². The molecule has 1 N–H and O–H groups in total. The van der Waals surface area contributed by atoms with Crippen molar-refractivity contribution >= 4 is 29.6 Å². The Kier molecular flexibility index (Phi) is 7.49. The van der Waals surface area contributed by atoms with E-state index in [9.17, 15) is 14.0 Å². The normalized spacial score (nSPS) is 26.2. The van der Waals surface area contributed by atoms with Crippen molar-refractivity contribution in [3.8, 4) is 0 Å².